The lowest BCUT2D eigenvalue weighted by Gasteiger charge is -2.36. The van der Waals surface area contributed by atoms with Gasteiger partial charge in [0.15, 0.2) is 0 Å². The Hall–Kier alpha value is -2.92. The molecule has 32 heavy (non-hydrogen) atoms. The maximum absolute atomic E-state index is 12.9. The third-order valence-electron chi connectivity index (χ3n) is 5.98. The number of hydrogen-bond donors (Lipinski definition) is 0. The quantitative estimate of drug-likeness (QED) is 0.559. The fourth-order valence-electron chi connectivity index (χ4n) is 4.18. The Balaban J connectivity index is 1.54. The van der Waals surface area contributed by atoms with Crippen molar-refractivity contribution in [3.8, 4) is 0 Å². The minimum Gasteiger partial charge on any atom is -0.353 e. The molecule has 6 heteroatoms. The molecule has 1 saturated heterocycles. The molecule has 0 saturated carbocycles. The Kier molecular flexibility index (Phi) is 6.75. The van der Waals surface area contributed by atoms with Crippen LogP contribution in [-0.4, -0.2) is 47.0 Å². The molecule has 1 fully saturated rings. The Morgan fingerprint density at radius 2 is 1.59 bits per heavy atom. The number of benzene rings is 2. The van der Waals surface area contributed by atoms with Crippen LogP contribution in [0.5, 0.6) is 0 Å². The van der Waals surface area contributed by atoms with E-state index in [4.69, 9.17) is 21.6 Å². The van der Waals surface area contributed by atoms with E-state index in [2.05, 4.69) is 24.0 Å². The molecular formula is C26H29ClN4O. The number of nitrogens with zero attached hydrogens (tertiary/aromatic N) is 4. The molecule has 0 atom stereocenters. The Bertz CT molecular complexity index is 1090. The summed E-state index contributed by atoms with van der Waals surface area (Å²) in [6, 6.07) is 15.8. The monoisotopic (exact) mass is 448 g/mol. The lowest BCUT2D eigenvalue weighted by atomic mass is 10.0. The normalized spacial score (nSPS) is 14.0. The van der Waals surface area contributed by atoms with E-state index in [1.165, 1.54) is 11.1 Å². The predicted octanol–water partition coefficient (Wildman–Crippen LogP) is 4.86. The fraction of sp³-hybridized carbons (Fsp3) is 0.346. The van der Waals surface area contributed by atoms with E-state index >= 15 is 0 Å². The highest BCUT2D eigenvalue weighted by atomic mass is 35.5. The van der Waals surface area contributed by atoms with Crippen LogP contribution in [0.25, 0.3) is 0 Å². The first-order valence-electron chi connectivity index (χ1n) is 11.2. The van der Waals surface area contributed by atoms with Crippen molar-refractivity contribution in [1.82, 2.24) is 14.9 Å². The Morgan fingerprint density at radius 3 is 2.22 bits per heavy atom. The predicted molar refractivity (Wildman–Crippen MR) is 130 cm³/mol. The van der Waals surface area contributed by atoms with E-state index in [0.717, 1.165) is 59.4 Å². The Labute approximate surface area is 195 Å². The van der Waals surface area contributed by atoms with Crippen LogP contribution in [0.15, 0.2) is 48.5 Å². The van der Waals surface area contributed by atoms with Crippen molar-refractivity contribution in [2.24, 2.45) is 0 Å². The molecule has 1 aliphatic rings. The number of aryl methyl sites for hydroxylation is 3. The van der Waals surface area contributed by atoms with Crippen molar-refractivity contribution >= 4 is 23.3 Å². The highest BCUT2D eigenvalue weighted by Gasteiger charge is 2.25. The van der Waals surface area contributed by atoms with Gasteiger partial charge in [0.25, 0.3) is 5.91 Å². The lowest BCUT2D eigenvalue weighted by Crippen LogP contribution is -2.49. The second kappa shape index (κ2) is 9.70. The number of carbonyl (C=O) groups is 1. The molecule has 0 bridgehead atoms. The van der Waals surface area contributed by atoms with Gasteiger partial charge in [0.05, 0.1) is 0 Å². The summed E-state index contributed by atoms with van der Waals surface area (Å²) in [5.74, 6) is 1.88. The molecule has 1 aromatic heterocycles. The summed E-state index contributed by atoms with van der Waals surface area (Å²) in [6.07, 6.45) is 1.61. The van der Waals surface area contributed by atoms with Gasteiger partial charge in [-0.25, -0.2) is 9.97 Å². The van der Waals surface area contributed by atoms with E-state index in [-0.39, 0.29) is 5.91 Å². The molecule has 1 aliphatic heterocycles. The summed E-state index contributed by atoms with van der Waals surface area (Å²) in [5.41, 5.74) is 5.34. The van der Waals surface area contributed by atoms with E-state index < -0.39 is 0 Å². The second-order valence-corrected chi connectivity index (χ2v) is 8.76. The zero-order chi connectivity index (χ0) is 22.7. The molecular weight excluding hydrogens is 420 g/mol. The van der Waals surface area contributed by atoms with Crippen LogP contribution in [0.2, 0.25) is 5.02 Å². The topological polar surface area (TPSA) is 49.3 Å². The van der Waals surface area contributed by atoms with Crippen molar-refractivity contribution < 1.29 is 4.79 Å². The third kappa shape index (κ3) is 4.94. The van der Waals surface area contributed by atoms with Crippen LogP contribution in [0.1, 0.15) is 45.5 Å². The number of aromatic nitrogens is 2. The smallest absolute Gasteiger partial charge is 0.253 e. The number of hydrogen-bond acceptors (Lipinski definition) is 4. The van der Waals surface area contributed by atoms with Gasteiger partial charge in [-0.1, -0.05) is 48.4 Å². The van der Waals surface area contributed by atoms with Crippen LogP contribution in [0, 0.1) is 13.8 Å². The molecule has 0 spiro atoms. The molecule has 0 radical (unpaired) electrons. The van der Waals surface area contributed by atoms with E-state index in [1.54, 1.807) is 0 Å². The van der Waals surface area contributed by atoms with Crippen LogP contribution in [-0.2, 0) is 12.8 Å². The van der Waals surface area contributed by atoms with Gasteiger partial charge < -0.3 is 9.80 Å². The van der Waals surface area contributed by atoms with Gasteiger partial charge in [0, 0.05) is 54.4 Å². The lowest BCUT2D eigenvalue weighted by molar-refractivity contribution is 0.0746. The van der Waals surface area contributed by atoms with Gasteiger partial charge in [0.1, 0.15) is 11.6 Å². The van der Waals surface area contributed by atoms with Gasteiger partial charge in [-0.2, -0.15) is 0 Å². The molecule has 3 aromatic rings. The molecule has 0 N–H and O–H groups in total. The number of anilines is 1. The summed E-state index contributed by atoms with van der Waals surface area (Å²) in [7, 11) is 0. The minimum atomic E-state index is 0.0964. The maximum Gasteiger partial charge on any atom is 0.253 e. The first kappa shape index (κ1) is 22.3. The molecule has 2 aromatic carbocycles. The van der Waals surface area contributed by atoms with Crippen molar-refractivity contribution in [3.05, 3.63) is 87.3 Å². The number of rotatable bonds is 5. The average molecular weight is 449 g/mol. The van der Waals surface area contributed by atoms with Gasteiger partial charge in [-0.3, -0.25) is 4.79 Å². The second-order valence-electron chi connectivity index (χ2n) is 8.32. The van der Waals surface area contributed by atoms with Crippen LogP contribution in [0.3, 0.4) is 0 Å². The number of piperazine rings is 1. The summed E-state index contributed by atoms with van der Waals surface area (Å²) < 4.78 is 0. The first-order valence-corrected chi connectivity index (χ1v) is 11.5. The van der Waals surface area contributed by atoms with Gasteiger partial charge in [-0.15, -0.1) is 0 Å². The summed E-state index contributed by atoms with van der Waals surface area (Å²) in [4.78, 5) is 26.7. The number of halogens is 1. The zero-order valence-electron chi connectivity index (χ0n) is 18.9. The van der Waals surface area contributed by atoms with Crippen LogP contribution >= 0.6 is 11.6 Å². The number of amides is 1. The minimum absolute atomic E-state index is 0.0964. The highest BCUT2D eigenvalue weighted by molar-refractivity contribution is 6.30. The summed E-state index contributed by atoms with van der Waals surface area (Å²) >= 11 is 6.07. The average Bonchev–Trinajstić information content (AvgIpc) is 2.81. The standard InChI is InChI=1S/C26H29ClN4O/c1-4-24-23(17-20-7-11-22(27)12-8-20)25(29-19(3)28-24)30-13-15-31(16-14-30)26(32)21-9-5-18(2)6-10-21/h5-12H,4,13-17H2,1-3H3. The van der Waals surface area contributed by atoms with Crippen molar-refractivity contribution in [2.75, 3.05) is 31.1 Å². The summed E-state index contributed by atoms with van der Waals surface area (Å²) in [5, 5.41) is 0.735. The van der Waals surface area contributed by atoms with E-state index in [1.807, 2.05) is 55.1 Å². The van der Waals surface area contributed by atoms with Gasteiger partial charge >= 0.3 is 0 Å². The van der Waals surface area contributed by atoms with Crippen LogP contribution < -0.4 is 4.90 Å². The SMILES string of the molecule is CCc1nc(C)nc(N2CCN(C(=O)c3ccc(C)cc3)CC2)c1Cc1ccc(Cl)cc1. The molecule has 5 nitrogen and oxygen atoms in total. The van der Waals surface area contributed by atoms with E-state index in [9.17, 15) is 4.79 Å². The van der Waals surface area contributed by atoms with Gasteiger partial charge in [-0.05, 0) is 50.1 Å². The molecule has 2 heterocycles. The number of carbonyl (C=O) groups excluding carboxylic acids is 1. The highest BCUT2D eigenvalue weighted by Crippen LogP contribution is 2.26. The summed E-state index contributed by atoms with van der Waals surface area (Å²) in [6.45, 7) is 8.98. The van der Waals surface area contributed by atoms with Gasteiger partial charge in [0.2, 0.25) is 0 Å². The molecule has 1 amide bonds. The molecule has 0 unspecified atom stereocenters. The molecule has 166 valence electrons. The maximum atomic E-state index is 12.9. The third-order valence-corrected chi connectivity index (χ3v) is 6.23. The van der Waals surface area contributed by atoms with Crippen LogP contribution in [0.4, 0.5) is 5.82 Å². The Morgan fingerprint density at radius 1 is 0.938 bits per heavy atom. The fourth-order valence-corrected chi connectivity index (χ4v) is 4.31. The van der Waals surface area contributed by atoms with Crippen molar-refractivity contribution in [1.29, 1.82) is 0 Å². The molecule has 0 aliphatic carbocycles. The van der Waals surface area contributed by atoms with Crippen molar-refractivity contribution in [2.45, 2.75) is 33.6 Å². The zero-order valence-corrected chi connectivity index (χ0v) is 19.7. The van der Waals surface area contributed by atoms with E-state index in [0.29, 0.717) is 13.1 Å². The first-order chi connectivity index (χ1) is 15.4. The van der Waals surface area contributed by atoms with Crippen molar-refractivity contribution in [3.63, 3.8) is 0 Å². The molecule has 4 rings (SSSR count). The largest absolute Gasteiger partial charge is 0.353 e.